The second kappa shape index (κ2) is 28.5. The number of carbonyl (C=O) groups is 3. The second-order valence-corrected chi connectivity index (χ2v) is 13.2. The van der Waals surface area contributed by atoms with E-state index < -0.39 is 18.2 Å². The lowest BCUT2D eigenvalue weighted by Gasteiger charge is -2.18. The molecule has 1 saturated carbocycles. The van der Waals surface area contributed by atoms with E-state index in [0.717, 1.165) is 57.8 Å². The van der Waals surface area contributed by atoms with E-state index in [9.17, 15) is 24.6 Å². The fraction of sp³-hybridized carbons (Fsp3) is 0.865. The van der Waals surface area contributed by atoms with Crippen molar-refractivity contribution in [2.24, 2.45) is 11.8 Å². The summed E-state index contributed by atoms with van der Waals surface area (Å²) in [6.07, 6.45) is 23.8. The van der Waals surface area contributed by atoms with Gasteiger partial charge in [0.2, 0.25) is 0 Å². The van der Waals surface area contributed by atoms with Crippen molar-refractivity contribution in [3.63, 3.8) is 0 Å². The molecule has 0 aromatic carbocycles. The molecule has 8 heteroatoms. The molecule has 1 aliphatic rings. The topological polar surface area (TPSA) is 124 Å². The van der Waals surface area contributed by atoms with Gasteiger partial charge in [-0.25, -0.2) is 0 Å². The zero-order chi connectivity index (χ0) is 33.9. The van der Waals surface area contributed by atoms with E-state index in [4.69, 9.17) is 9.84 Å². The fourth-order valence-corrected chi connectivity index (χ4v) is 5.64. The quantitative estimate of drug-likeness (QED) is 0.0496. The molecule has 0 spiro atoms. The molecule has 0 aromatic rings. The van der Waals surface area contributed by atoms with Crippen LogP contribution in [-0.4, -0.2) is 76.9 Å². The molecule has 264 valence electrons. The summed E-state index contributed by atoms with van der Waals surface area (Å²) in [5.41, 5.74) is 0. The molecular formula is C37H69NO7. The number of ether oxygens (including phenoxy) is 1. The number of esters is 1. The van der Waals surface area contributed by atoms with Gasteiger partial charge in [0.15, 0.2) is 0 Å². The largest absolute Gasteiger partial charge is 0.481 e. The summed E-state index contributed by atoms with van der Waals surface area (Å²) in [4.78, 5) is 36.1. The third kappa shape index (κ3) is 23.2. The van der Waals surface area contributed by atoms with Gasteiger partial charge in [-0.05, 0) is 46.7 Å². The van der Waals surface area contributed by atoms with Crippen molar-refractivity contribution < 1.29 is 34.4 Å². The molecule has 1 rings (SSSR count). The van der Waals surface area contributed by atoms with Crippen molar-refractivity contribution in [3.8, 4) is 0 Å². The van der Waals surface area contributed by atoms with Gasteiger partial charge in [0.25, 0.3) is 0 Å². The van der Waals surface area contributed by atoms with Crippen molar-refractivity contribution >= 4 is 17.7 Å². The molecule has 0 aliphatic heterocycles. The van der Waals surface area contributed by atoms with E-state index in [2.05, 4.69) is 13.8 Å². The van der Waals surface area contributed by atoms with Crippen LogP contribution in [0, 0.1) is 11.8 Å². The lowest BCUT2D eigenvalue weighted by molar-refractivity contribution is -0.148. The van der Waals surface area contributed by atoms with Gasteiger partial charge in [0, 0.05) is 24.7 Å². The lowest BCUT2D eigenvalue weighted by atomic mass is 9.88. The molecule has 0 amide bonds. The van der Waals surface area contributed by atoms with Crippen molar-refractivity contribution in [2.45, 2.75) is 174 Å². The number of aliphatic hydroxyl groups is 2. The van der Waals surface area contributed by atoms with Crippen LogP contribution in [0.25, 0.3) is 0 Å². The van der Waals surface area contributed by atoms with Crippen LogP contribution in [0.4, 0.5) is 0 Å². The van der Waals surface area contributed by atoms with Crippen LogP contribution in [0.2, 0.25) is 0 Å². The zero-order valence-electron chi connectivity index (χ0n) is 29.5. The number of hydrogen-bond acceptors (Lipinski definition) is 7. The molecule has 1 fully saturated rings. The molecule has 0 heterocycles. The molecule has 8 nitrogen and oxygen atoms in total. The Morgan fingerprint density at radius 1 is 0.867 bits per heavy atom. The summed E-state index contributed by atoms with van der Waals surface area (Å²) < 4.78 is 5.26. The smallest absolute Gasteiger partial charge is 0.323 e. The van der Waals surface area contributed by atoms with Crippen molar-refractivity contribution in [1.82, 2.24) is 4.90 Å². The zero-order valence-corrected chi connectivity index (χ0v) is 29.5. The minimum atomic E-state index is -0.767. The number of aliphatic carboxylic acids is 1. The van der Waals surface area contributed by atoms with Crippen molar-refractivity contribution in [2.75, 3.05) is 20.7 Å². The van der Waals surface area contributed by atoms with E-state index in [1.54, 1.807) is 6.08 Å². The fourth-order valence-electron chi connectivity index (χ4n) is 5.64. The van der Waals surface area contributed by atoms with E-state index in [-0.39, 0.29) is 42.5 Å². The van der Waals surface area contributed by atoms with Gasteiger partial charge in [0.05, 0.1) is 18.8 Å². The summed E-state index contributed by atoms with van der Waals surface area (Å²) >= 11 is 0. The summed E-state index contributed by atoms with van der Waals surface area (Å²) in [6.45, 7) is 6.83. The van der Waals surface area contributed by atoms with E-state index in [1.807, 2.05) is 32.0 Å². The highest BCUT2D eigenvalue weighted by atomic mass is 16.5. The Morgan fingerprint density at radius 3 is 1.98 bits per heavy atom. The monoisotopic (exact) mass is 640 g/mol. The van der Waals surface area contributed by atoms with Gasteiger partial charge in [0.1, 0.15) is 11.8 Å². The first kappa shape index (κ1) is 43.2. The highest BCUT2D eigenvalue weighted by Gasteiger charge is 2.39. The van der Waals surface area contributed by atoms with Gasteiger partial charge in [-0.3, -0.25) is 19.3 Å². The van der Waals surface area contributed by atoms with Crippen LogP contribution < -0.4 is 0 Å². The maximum absolute atomic E-state index is 12.1. The van der Waals surface area contributed by atoms with Crippen molar-refractivity contribution in [3.05, 3.63) is 12.2 Å². The van der Waals surface area contributed by atoms with Crippen LogP contribution in [0.15, 0.2) is 12.2 Å². The first-order valence-electron chi connectivity index (χ1n) is 18.2. The molecule has 45 heavy (non-hydrogen) atoms. The average Bonchev–Trinajstić information content (AvgIpc) is 3.27. The molecule has 0 aromatic heterocycles. The molecule has 3 N–H and O–H groups in total. The maximum atomic E-state index is 12.1. The molecule has 0 radical (unpaired) electrons. The second-order valence-electron chi connectivity index (χ2n) is 13.2. The van der Waals surface area contributed by atoms with E-state index in [0.29, 0.717) is 13.0 Å². The Kier molecular flexibility index (Phi) is 27.3. The Morgan fingerprint density at radius 2 is 1.40 bits per heavy atom. The molecule has 5 atom stereocenters. The van der Waals surface area contributed by atoms with Crippen LogP contribution in [0.5, 0.6) is 0 Å². The third-order valence-corrected chi connectivity index (χ3v) is 8.91. The predicted molar refractivity (Wildman–Crippen MR) is 183 cm³/mol. The van der Waals surface area contributed by atoms with Crippen LogP contribution >= 0.6 is 0 Å². The Balaban J connectivity index is 0.000000884. The first-order chi connectivity index (χ1) is 21.5. The summed E-state index contributed by atoms with van der Waals surface area (Å²) in [5.74, 6) is -1.14. The molecule has 0 bridgehead atoms. The number of aliphatic hydroxyl groups excluding tert-OH is 2. The van der Waals surface area contributed by atoms with Gasteiger partial charge < -0.3 is 20.1 Å². The Bertz CT molecular complexity index is 785. The minimum Gasteiger partial charge on any atom is -0.481 e. The number of unbranched alkanes of at least 4 members (excludes halogenated alkanes) is 14. The normalized spacial score (nSPS) is 19.5. The Hall–Kier alpha value is -1.77. The number of ketones is 1. The standard InChI is InChI=1S/C20H34O5.C17H35NO2/c1-2-3-6-9-15(21)12-13-17-16(18(22)14-19(17)23)10-7-4-5-8-11-20(24)25;1-5-6-7-8-9-10-11-12-13-14-15-20-17(19)16(2)18(3)4/h12-13,15-17,19,21,23H,2-11,14H2,1H3,(H,24,25);16H,5-15H2,1-4H3/b13-12+;/t15-,16+,17+,19+;/m0./s1. The highest BCUT2D eigenvalue weighted by molar-refractivity contribution is 5.84. The number of carboxylic acid groups (broad SMARTS) is 1. The van der Waals surface area contributed by atoms with Crippen LogP contribution in [0.1, 0.15) is 156 Å². The molecule has 1 aliphatic carbocycles. The lowest BCUT2D eigenvalue weighted by Crippen LogP contribution is -2.34. The molecular weight excluding hydrogens is 570 g/mol. The summed E-state index contributed by atoms with van der Waals surface area (Å²) in [5, 5.41) is 28.7. The van der Waals surface area contributed by atoms with Gasteiger partial charge in [-0.1, -0.05) is 122 Å². The maximum Gasteiger partial charge on any atom is 0.323 e. The number of carbonyl (C=O) groups excluding carboxylic acids is 2. The number of nitrogens with zero attached hydrogens (tertiary/aromatic N) is 1. The molecule has 0 saturated heterocycles. The number of carboxylic acids is 1. The number of likely N-dealkylation sites (N-methyl/N-ethyl adjacent to an activating group) is 1. The number of Topliss-reactive ketones (excluding diaryl/α,β-unsaturated/α-hetero) is 1. The number of hydrogen-bond donors (Lipinski definition) is 3. The average molecular weight is 640 g/mol. The number of rotatable bonds is 26. The first-order valence-corrected chi connectivity index (χ1v) is 18.2. The van der Waals surface area contributed by atoms with Gasteiger partial charge >= 0.3 is 11.9 Å². The van der Waals surface area contributed by atoms with Crippen LogP contribution in [-0.2, 0) is 19.1 Å². The van der Waals surface area contributed by atoms with E-state index in [1.165, 1.54) is 57.8 Å². The van der Waals surface area contributed by atoms with Crippen molar-refractivity contribution in [1.29, 1.82) is 0 Å². The molecule has 1 unspecified atom stereocenters. The van der Waals surface area contributed by atoms with E-state index >= 15 is 0 Å². The highest BCUT2D eigenvalue weighted by Crippen LogP contribution is 2.34. The van der Waals surface area contributed by atoms with Gasteiger partial charge in [-0.2, -0.15) is 0 Å². The van der Waals surface area contributed by atoms with Gasteiger partial charge in [-0.15, -0.1) is 0 Å². The van der Waals surface area contributed by atoms with Crippen LogP contribution in [0.3, 0.4) is 0 Å². The summed E-state index contributed by atoms with van der Waals surface area (Å²) in [7, 11) is 3.79. The SMILES string of the molecule is CCCCCCCCCCCCOC(=O)C(C)N(C)C.CCCCC[C@H](O)/C=C/[C@H]1[C@H](O)CC(=O)[C@@H]1CCCCCCC(=O)O. The third-order valence-electron chi connectivity index (χ3n) is 8.91. The predicted octanol–water partition coefficient (Wildman–Crippen LogP) is 7.88. The Labute approximate surface area is 275 Å². The summed E-state index contributed by atoms with van der Waals surface area (Å²) in [6, 6.07) is -0.141. The minimum absolute atomic E-state index is 0.105.